The van der Waals surface area contributed by atoms with Gasteiger partial charge in [-0.15, -0.1) is 0 Å². The molecule has 0 amide bonds. The van der Waals surface area contributed by atoms with Crippen molar-refractivity contribution < 1.29 is 9.63 Å². The molecule has 0 saturated heterocycles. The Bertz CT molecular complexity index is 298. The van der Waals surface area contributed by atoms with Crippen molar-refractivity contribution in [3.8, 4) is 0 Å². The van der Waals surface area contributed by atoms with Gasteiger partial charge in [0.2, 0.25) is 0 Å². The van der Waals surface area contributed by atoms with E-state index >= 15 is 0 Å². The third-order valence-electron chi connectivity index (χ3n) is 1.31. The molecule has 2 N–H and O–H groups in total. The van der Waals surface area contributed by atoms with Gasteiger partial charge >= 0.3 is 5.97 Å². The number of hydrogen-bond acceptors (Lipinski definition) is 4. The molecule has 4 nitrogen and oxygen atoms in total. The molecule has 5 heteroatoms. The fourth-order valence-corrected chi connectivity index (χ4v) is 0.895. The molecular weight excluding hydrogens is 192 g/mol. The zero-order chi connectivity index (χ0) is 9.84. The van der Waals surface area contributed by atoms with E-state index < -0.39 is 5.97 Å². The van der Waals surface area contributed by atoms with Crippen LogP contribution in [0.1, 0.15) is 10.4 Å². The number of benzene rings is 1. The lowest BCUT2D eigenvalue weighted by Crippen LogP contribution is -2.29. The maximum absolute atomic E-state index is 11.2. The molecule has 1 aromatic rings. The molecule has 0 saturated carbocycles. The van der Waals surface area contributed by atoms with E-state index in [1.807, 2.05) is 0 Å². The van der Waals surface area contributed by atoms with Gasteiger partial charge in [0.1, 0.15) is 0 Å². The van der Waals surface area contributed by atoms with Gasteiger partial charge in [0.05, 0.1) is 5.56 Å². The zero-order valence-corrected chi connectivity index (χ0v) is 7.78. The second-order valence-corrected chi connectivity index (χ2v) is 2.87. The number of halogens is 1. The third kappa shape index (κ3) is 3.02. The molecule has 1 rings (SSSR count). The fraction of sp³-hybridized carbons (Fsp3) is 0.125. The molecule has 0 fully saturated rings. The molecule has 0 aliphatic carbocycles. The summed E-state index contributed by atoms with van der Waals surface area (Å²) in [5.74, 6) is 4.61. The van der Waals surface area contributed by atoms with Crippen molar-refractivity contribution in [2.75, 3.05) is 7.05 Å². The summed E-state index contributed by atoms with van der Waals surface area (Å²) in [6, 6.07) is 6.34. The monoisotopic (exact) mass is 200 g/mol. The number of rotatable bonds is 2. The minimum absolute atomic E-state index is 0.404. The molecule has 0 bridgehead atoms. The van der Waals surface area contributed by atoms with Crippen molar-refractivity contribution in [2.45, 2.75) is 0 Å². The highest BCUT2D eigenvalue weighted by Gasteiger charge is 2.07. The lowest BCUT2D eigenvalue weighted by molar-refractivity contribution is -0.0918. The maximum atomic E-state index is 11.2. The predicted octanol–water partition coefficient (Wildman–Crippen LogP) is 1.22. The normalized spacial score (nSPS) is 10.2. The summed E-state index contributed by atoms with van der Waals surface area (Å²) in [5.41, 5.74) is 0.404. The highest BCUT2D eigenvalue weighted by Crippen LogP contribution is 2.10. The van der Waals surface area contributed by atoms with Crippen molar-refractivity contribution in [2.24, 2.45) is 5.84 Å². The fourth-order valence-electron chi connectivity index (χ4n) is 0.769. The summed E-state index contributed by atoms with van der Waals surface area (Å²) in [6.07, 6.45) is 0. The van der Waals surface area contributed by atoms with Crippen LogP contribution in [0.4, 0.5) is 0 Å². The first-order valence-corrected chi connectivity index (χ1v) is 3.93. The molecule has 0 unspecified atom stereocenters. The topological polar surface area (TPSA) is 55.6 Å². The van der Waals surface area contributed by atoms with Gasteiger partial charge in [-0.25, -0.2) is 10.6 Å². The van der Waals surface area contributed by atoms with Crippen molar-refractivity contribution in [3.63, 3.8) is 0 Å². The number of carbonyl (C=O) groups is 1. The molecule has 0 heterocycles. The number of carbonyl (C=O) groups excluding carboxylic acids is 1. The van der Waals surface area contributed by atoms with Gasteiger partial charge in [-0.2, -0.15) is 0 Å². The predicted molar refractivity (Wildman–Crippen MR) is 48.8 cm³/mol. The lowest BCUT2D eigenvalue weighted by Gasteiger charge is -2.08. The second-order valence-electron chi connectivity index (χ2n) is 2.43. The van der Waals surface area contributed by atoms with Crippen molar-refractivity contribution in [1.29, 1.82) is 0 Å². The Morgan fingerprint density at radius 3 is 2.46 bits per heavy atom. The highest BCUT2D eigenvalue weighted by atomic mass is 35.5. The molecular formula is C8H9ClN2O2. The van der Waals surface area contributed by atoms with Crippen molar-refractivity contribution in [3.05, 3.63) is 34.9 Å². The van der Waals surface area contributed by atoms with Gasteiger partial charge < -0.3 is 4.84 Å². The first-order chi connectivity index (χ1) is 6.09. The van der Waals surface area contributed by atoms with Crippen molar-refractivity contribution in [1.82, 2.24) is 5.17 Å². The molecule has 0 atom stereocenters. The Labute approximate surface area is 80.8 Å². The number of nitrogens with zero attached hydrogens (tertiary/aromatic N) is 1. The molecule has 13 heavy (non-hydrogen) atoms. The molecule has 0 aromatic heterocycles. The van der Waals surface area contributed by atoms with Gasteiger partial charge in [-0.1, -0.05) is 16.8 Å². The van der Waals surface area contributed by atoms with Crippen LogP contribution < -0.4 is 5.84 Å². The summed E-state index contributed by atoms with van der Waals surface area (Å²) in [5, 5.41) is 1.41. The zero-order valence-electron chi connectivity index (χ0n) is 7.03. The second kappa shape index (κ2) is 4.23. The molecule has 0 spiro atoms. The van der Waals surface area contributed by atoms with E-state index in [1.54, 1.807) is 24.3 Å². The van der Waals surface area contributed by atoms with Gasteiger partial charge in [-0.05, 0) is 24.3 Å². The van der Waals surface area contributed by atoms with Crippen LogP contribution in [-0.2, 0) is 4.84 Å². The van der Waals surface area contributed by atoms with Crippen LogP contribution in [0.25, 0.3) is 0 Å². The Kier molecular flexibility index (Phi) is 3.25. The molecule has 0 aliphatic rings. The summed E-state index contributed by atoms with van der Waals surface area (Å²) in [7, 11) is 1.42. The van der Waals surface area contributed by atoms with Crippen LogP contribution in [0.2, 0.25) is 5.02 Å². The van der Waals surface area contributed by atoms with E-state index in [0.29, 0.717) is 10.6 Å². The van der Waals surface area contributed by atoms with Crippen LogP contribution in [0, 0.1) is 0 Å². The largest absolute Gasteiger partial charge is 0.358 e. The van der Waals surface area contributed by atoms with E-state index in [1.165, 1.54) is 7.05 Å². The minimum atomic E-state index is -0.512. The quantitative estimate of drug-likeness (QED) is 0.576. The number of hydrogen-bond donors (Lipinski definition) is 1. The standard InChI is InChI=1S/C8H9ClN2O2/c1-11(10)13-8(12)6-2-4-7(9)5-3-6/h2-5H,10H2,1H3. The van der Waals surface area contributed by atoms with Gasteiger partial charge in [0, 0.05) is 12.1 Å². The first kappa shape index (κ1) is 9.98. The highest BCUT2D eigenvalue weighted by molar-refractivity contribution is 6.30. The Morgan fingerprint density at radius 1 is 1.46 bits per heavy atom. The SMILES string of the molecule is CN(N)OC(=O)c1ccc(Cl)cc1. The van der Waals surface area contributed by atoms with Gasteiger partial charge in [0.15, 0.2) is 0 Å². The molecule has 0 radical (unpaired) electrons. The molecule has 70 valence electrons. The molecule has 0 aliphatic heterocycles. The van der Waals surface area contributed by atoms with Crippen LogP contribution >= 0.6 is 11.6 Å². The van der Waals surface area contributed by atoms with Crippen LogP contribution in [0.3, 0.4) is 0 Å². The first-order valence-electron chi connectivity index (χ1n) is 3.56. The number of nitrogens with two attached hydrogens (primary N) is 1. The van der Waals surface area contributed by atoms with Gasteiger partial charge in [-0.3, -0.25) is 0 Å². The van der Waals surface area contributed by atoms with E-state index in [4.69, 9.17) is 17.4 Å². The third-order valence-corrected chi connectivity index (χ3v) is 1.56. The smallest absolute Gasteiger partial charge is 0.349 e. The average molecular weight is 201 g/mol. The minimum Gasteiger partial charge on any atom is -0.349 e. The lowest BCUT2D eigenvalue weighted by atomic mass is 10.2. The summed E-state index contributed by atoms with van der Waals surface area (Å²) in [4.78, 5) is 15.8. The Hall–Kier alpha value is -1.10. The van der Waals surface area contributed by atoms with E-state index in [-0.39, 0.29) is 0 Å². The number of hydroxylamine groups is 1. The van der Waals surface area contributed by atoms with Crippen LogP contribution in [0.5, 0.6) is 0 Å². The molecule has 1 aromatic carbocycles. The number of hydrazine groups is 1. The van der Waals surface area contributed by atoms with E-state index in [9.17, 15) is 4.79 Å². The summed E-state index contributed by atoms with van der Waals surface area (Å²) in [6.45, 7) is 0. The van der Waals surface area contributed by atoms with Crippen molar-refractivity contribution >= 4 is 17.6 Å². The summed E-state index contributed by atoms with van der Waals surface area (Å²) >= 11 is 5.63. The van der Waals surface area contributed by atoms with Crippen LogP contribution in [0.15, 0.2) is 24.3 Å². The Morgan fingerprint density at radius 2 is 2.00 bits per heavy atom. The van der Waals surface area contributed by atoms with Crippen LogP contribution in [-0.4, -0.2) is 18.2 Å². The average Bonchev–Trinajstić information content (AvgIpc) is 2.04. The van der Waals surface area contributed by atoms with E-state index in [2.05, 4.69) is 4.84 Å². The van der Waals surface area contributed by atoms with E-state index in [0.717, 1.165) is 5.17 Å². The van der Waals surface area contributed by atoms with Gasteiger partial charge in [0.25, 0.3) is 0 Å². The summed E-state index contributed by atoms with van der Waals surface area (Å²) < 4.78 is 0. The maximum Gasteiger partial charge on any atom is 0.358 e. The Balaban J connectivity index is 2.72.